The van der Waals surface area contributed by atoms with Gasteiger partial charge in [-0.05, 0) is 37.1 Å². The summed E-state index contributed by atoms with van der Waals surface area (Å²) in [7, 11) is 1.92. The van der Waals surface area contributed by atoms with Gasteiger partial charge in [-0.25, -0.2) is 0 Å². The quantitative estimate of drug-likeness (QED) is 0.673. The maximum absolute atomic E-state index is 6.00. The molecule has 2 fully saturated rings. The molecule has 0 unspecified atom stereocenters. The summed E-state index contributed by atoms with van der Waals surface area (Å²) in [5, 5.41) is 6.60. The summed E-state index contributed by atoms with van der Waals surface area (Å²) in [4.78, 5) is 0. The molecule has 14 heavy (non-hydrogen) atoms. The second-order valence-electron chi connectivity index (χ2n) is 4.54. The largest absolute Gasteiger partial charge is 0.388 e. The second-order valence-corrected chi connectivity index (χ2v) is 4.54. The number of benzene rings is 1. The Labute approximate surface area is 83.7 Å². The average molecular weight is 189 g/mol. The third-order valence-corrected chi connectivity index (χ3v) is 3.49. The van der Waals surface area contributed by atoms with E-state index in [9.17, 15) is 0 Å². The van der Waals surface area contributed by atoms with Gasteiger partial charge >= 0.3 is 0 Å². The molecule has 0 bridgehead atoms. The molecular weight excluding hydrogens is 174 g/mol. The molecule has 0 atom stereocenters. The van der Waals surface area contributed by atoms with Crippen LogP contribution in [0, 0.1) is 0 Å². The van der Waals surface area contributed by atoms with Crippen LogP contribution in [0.15, 0.2) is 24.3 Å². The molecule has 0 spiro atoms. The van der Waals surface area contributed by atoms with Crippen LogP contribution < -0.4 is 16.4 Å². The molecule has 0 aliphatic heterocycles. The zero-order chi connectivity index (χ0) is 9.81. The maximum atomic E-state index is 6.00. The molecule has 3 nitrogen and oxygen atoms in total. The number of rotatable bonds is 3. The Hall–Kier alpha value is -1.22. The molecule has 0 aromatic heterocycles. The second kappa shape index (κ2) is 2.23. The lowest BCUT2D eigenvalue weighted by molar-refractivity contribution is 0.784. The van der Waals surface area contributed by atoms with E-state index < -0.39 is 0 Å². The molecule has 4 N–H and O–H groups in total. The van der Waals surface area contributed by atoms with E-state index >= 15 is 0 Å². The highest BCUT2D eigenvalue weighted by atomic mass is 15.2. The Balaban J connectivity index is 1.73. The Morgan fingerprint density at radius 3 is 2.07 bits per heavy atom. The van der Waals surface area contributed by atoms with Crippen molar-refractivity contribution in [2.24, 2.45) is 5.73 Å². The zero-order valence-corrected chi connectivity index (χ0v) is 8.30. The molecule has 74 valence electrons. The van der Waals surface area contributed by atoms with Crippen molar-refractivity contribution in [1.82, 2.24) is 0 Å². The lowest BCUT2D eigenvalue weighted by Gasteiger charge is -2.08. The van der Waals surface area contributed by atoms with Gasteiger partial charge in [-0.2, -0.15) is 0 Å². The number of hydrogen-bond acceptors (Lipinski definition) is 3. The normalized spacial score (nSPS) is 37.3. The van der Waals surface area contributed by atoms with E-state index in [4.69, 9.17) is 5.73 Å². The van der Waals surface area contributed by atoms with Gasteiger partial charge in [0, 0.05) is 24.0 Å². The molecule has 0 heterocycles. The molecule has 2 aliphatic carbocycles. The van der Waals surface area contributed by atoms with Crippen LogP contribution in [0.5, 0.6) is 0 Å². The number of anilines is 2. The van der Waals surface area contributed by atoms with Gasteiger partial charge in [0.2, 0.25) is 0 Å². The first-order valence-electron chi connectivity index (χ1n) is 5.02. The standard InChI is InChI=1S/C11H15N3/c1-13-8-2-4-9(5-3-8)14-11-6-10(11,12)7-11/h2-5,13-14H,6-7,12H2,1H3. The van der Waals surface area contributed by atoms with Gasteiger partial charge in [-0.15, -0.1) is 0 Å². The number of nitrogens with one attached hydrogen (secondary N) is 2. The van der Waals surface area contributed by atoms with Crippen LogP contribution in [0.4, 0.5) is 11.4 Å². The number of hydrogen-bond donors (Lipinski definition) is 3. The Kier molecular flexibility index (Phi) is 1.29. The lowest BCUT2D eigenvalue weighted by Crippen LogP contribution is -2.12. The van der Waals surface area contributed by atoms with E-state index in [2.05, 4.69) is 34.9 Å². The third kappa shape index (κ3) is 0.960. The van der Waals surface area contributed by atoms with E-state index in [1.807, 2.05) is 7.05 Å². The Morgan fingerprint density at radius 1 is 1.14 bits per heavy atom. The van der Waals surface area contributed by atoms with Gasteiger partial charge in [0.15, 0.2) is 0 Å². The van der Waals surface area contributed by atoms with Crippen LogP contribution in [-0.2, 0) is 0 Å². The van der Waals surface area contributed by atoms with Gasteiger partial charge < -0.3 is 16.4 Å². The highest BCUT2D eigenvalue weighted by molar-refractivity contribution is 5.61. The van der Waals surface area contributed by atoms with E-state index in [1.54, 1.807) is 0 Å². The van der Waals surface area contributed by atoms with Crippen molar-refractivity contribution in [1.29, 1.82) is 0 Å². The molecule has 3 rings (SSSR count). The molecular formula is C11H15N3. The summed E-state index contributed by atoms with van der Waals surface area (Å²) in [6, 6.07) is 8.33. The fourth-order valence-electron chi connectivity index (χ4n) is 2.15. The maximum Gasteiger partial charge on any atom is 0.0591 e. The minimum atomic E-state index is 0.134. The van der Waals surface area contributed by atoms with Crippen molar-refractivity contribution in [3.63, 3.8) is 0 Å². The molecule has 2 aliphatic rings. The van der Waals surface area contributed by atoms with Crippen LogP contribution in [0.25, 0.3) is 0 Å². The van der Waals surface area contributed by atoms with Crippen LogP contribution in [-0.4, -0.2) is 18.1 Å². The Morgan fingerprint density at radius 2 is 1.64 bits per heavy atom. The smallest absolute Gasteiger partial charge is 0.0591 e. The minimum Gasteiger partial charge on any atom is -0.388 e. The highest BCUT2D eigenvalue weighted by Crippen LogP contribution is 2.70. The molecule has 1 aromatic rings. The third-order valence-electron chi connectivity index (χ3n) is 3.49. The van der Waals surface area contributed by atoms with Gasteiger partial charge in [-0.3, -0.25) is 0 Å². The highest BCUT2D eigenvalue weighted by Gasteiger charge is 2.81. The number of nitrogens with two attached hydrogens (primary N) is 1. The van der Waals surface area contributed by atoms with Crippen molar-refractivity contribution < 1.29 is 0 Å². The van der Waals surface area contributed by atoms with E-state index in [-0.39, 0.29) is 11.1 Å². The summed E-state index contributed by atoms with van der Waals surface area (Å²) >= 11 is 0. The average Bonchev–Trinajstić information content (AvgIpc) is 2.90. The van der Waals surface area contributed by atoms with Crippen molar-refractivity contribution in [2.45, 2.75) is 23.9 Å². The monoisotopic (exact) mass is 189 g/mol. The van der Waals surface area contributed by atoms with Crippen molar-refractivity contribution in [2.75, 3.05) is 17.7 Å². The Bertz CT molecular complexity index is 363. The van der Waals surface area contributed by atoms with Crippen molar-refractivity contribution in [3.05, 3.63) is 24.3 Å². The first-order valence-corrected chi connectivity index (χ1v) is 5.02. The molecule has 0 amide bonds. The zero-order valence-electron chi connectivity index (χ0n) is 8.30. The molecule has 1 aromatic carbocycles. The van der Waals surface area contributed by atoms with E-state index in [0.717, 1.165) is 18.5 Å². The van der Waals surface area contributed by atoms with E-state index in [1.165, 1.54) is 5.69 Å². The summed E-state index contributed by atoms with van der Waals surface area (Å²) in [5.41, 5.74) is 8.71. The SMILES string of the molecule is CNc1ccc(NC23CC2(N)C3)cc1. The van der Waals surface area contributed by atoms with Crippen LogP contribution in [0.2, 0.25) is 0 Å². The van der Waals surface area contributed by atoms with Crippen molar-refractivity contribution >= 4 is 11.4 Å². The van der Waals surface area contributed by atoms with Gasteiger partial charge in [0.05, 0.1) is 5.54 Å². The molecule has 0 saturated heterocycles. The van der Waals surface area contributed by atoms with E-state index in [0.29, 0.717) is 0 Å². The van der Waals surface area contributed by atoms with Crippen LogP contribution in [0.1, 0.15) is 12.8 Å². The number of fused-ring (bicyclic) bond motifs is 1. The summed E-state index contributed by atoms with van der Waals surface area (Å²) in [6.45, 7) is 0. The lowest BCUT2D eigenvalue weighted by atomic mass is 10.2. The fraction of sp³-hybridized carbons (Fsp3) is 0.455. The van der Waals surface area contributed by atoms with Gasteiger partial charge in [0.1, 0.15) is 0 Å². The van der Waals surface area contributed by atoms with Crippen LogP contribution >= 0.6 is 0 Å². The van der Waals surface area contributed by atoms with Gasteiger partial charge in [0.25, 0.3) is 0 Å². The molecule has 2 saturated carbocycles. The predicted molar refractivity (Wildman–Crippen MR) is 58.5 cm³/mol. The first kappa shape index (κ1) is 8.12. The molecule has 0 radical (unpaired) electrons. The van der Waals surface area contributed by atoms with Gasteiger partial charge in [-0.1, -0.05) is 0 Å². The summed E-state index contributed by atoms with van der Waals surface area (Å²) < 4.78 is 0. The fourth-order valence-corrected chi connectivity index (χ4v) is 2.15. The summed E-state index contributed by atoms with van der Waals surface area (Å²) in [6.07, 6.45) is 2.27. The first-order chi connectivity index (χ1) is 6.67. The predicted octanol–water partition coefficient (Wildman–Crippen LogP) is 1.38. The van der Waals surface area contributed by atoms with Crippen molar-refractivity contribution in [3.8, 4) is 0 Å². The topological polar surface area (TPSA) is 50.1 Å². The van der Waals surface area contributed by atoms with Crippen LogP contribution in [0.3, 0.4) is 0 Å². The minimum absolute atomic E-state index is 0.134. The summed E-state index contributed by atoms with van der Waals surface area (Å²) in [5.74, 6) is 0. The molecule has 3 heteroatoms.